The maximum absolute atomic E-state index is 10.2. The second-order valence-electron chi connectivity index (χ2n) is 1.43. The highest BCUT2D eigenvalue weighted by molar-refractivity contribution is 5.73. The summed E-state index contributed by atoms with van der Waals surface area (Å²) >= 11 is 0. The molecule has 0 fully saturated rings. The standard InChI is InChI=1S/C5H8O3/c1-3-4(2)5(6)8-7/h3-4,7H,1H2,2H3. The third-order valence-corrected chi connectivity index (χ3v) is 0.815. The summed E-state index contributed by atoms with van der Waals surface area (Å²) in [5, 5.41) is 7.74. The summed E-state index contributed by atoms with van der Waals surface area (Å²) < 4.78 is 0. The summed E-state index contributed by atoms with van der Waals surface area (Å²) in [6.45, 7) is 4.89. The maximum atomic E-state index is 10.2. The first-order chi connectivity index (χ1) is 3.72. The van der Waals surface area contributed by atoms with E-state index < -0.39 is 11.9 Å². The van der Waals surface area contributed by atoms with Gasteiger partial charge in [0, 0.05) is 0 Å². The monoisotopic (exact) mass is 116 g/mol. The Balaban J connectivity index is 3.62. The van der Waals surface area contributed by atoms with Gasteiger partial charge in [0.1, 0.15) is 0 Å². The smallest absolute Gasteiger partial charge is 0.300 e. The number of rotatable bonds is 2. The zero-order chi connectivity index (χ0) is 6.57. The molecule has 3 heteroatoms. The Labute approximate surface area is 47.5 Å². The fourth-order valence-corrected chi connectivity index (χ4v) is 0.179. The molecule has 1 atom stereocenters. The van der Waals surface area contributed by atoms with Crippen molar-refractivity contribution in [2.24, 2.45) is 5.92 Å². The largest absolute Gasteiger partial charge is 0.348 e. The Morgan fingerprint density at radius 1 is 2.00 bits per heavy atom. The molecule has 8 heavy (non-hydrogen) atoms. The summed E-state index contributed by atoms with van der Waals surface area (Å²) in [6, 6.07) is 0. The predicted molar refractivity (Wildman–Crippen MR) is 28.1 cm³/mol. The predicted octanol–water partition coefficient (Wildman–Crippen LogP) is 0.825. The first kappa shape index (κ1) is 7.17. The molecule has 0 bridgehead atoms. The fraction of sp³-hybridized carbons (Fsp3) is 0.400. The topological polar surface area (TPSA) is 46.5 Å². The Hall–Kier alpha value is -0.830. The Bertz CT molecular complexity index is 97.8. The van der Waals surface area contributed by atoms with Crippen molar-refractivity contribution in [1.82, 2.24) is 0 Å². The molecule has 0 spiro atoms. The minimum atomic E-state index is -0.681. The highest BCUT2D eigenvalue weighted by Crippen LogP contribution is 1.95. The molecule has 1 N–H and O–H groups in total. The highest BCUT2D eigenvalue weighted by Gasteiger charge is 2.08. The molecule has 46 valence electrons. The van der Waals surface area contributed by atoms with E-state index in [1.54, 1.807) is 6.92 Å². The van der Waals surface area contributed by atoms with E-state index in [-0.39, 0.29) is 0 Å². The lowest BCUT2D eigenvalue weighted by atomic mass is 10.2. The number of carbonyl (C=O) groups is 1. The van der Waals surface area contributed by atoms with Crippen LogP contribution in [-0.2, 0) is 9.68 Å². The molecular formula is C5H8O3. The van der Waals surface area contributed by atoms with E-state index in [0.717, 1.165) is 0 Å². The molecule has 0 aromatic carbocycles. The maximum Gasteiger partial charge on any atom is 0.348 e. The number of carbonyl (C=O) groups excluding carboxylic acids is 1. The minimum Gasteiger partial charge on any atom is -0.300 e. The molecule has 0 saturated heterocycles. The Morgan fingerprint density at radius 2 is 2.50 bits per heavy atom. The van der Waals surface area contributed by atoms with E-state index in [2.05, 4.69) is 11.5 Å². The van der Waals surface area contributed by atoms with E-state index in [0.29, 0.717) is 0 Å². The van der Waals surface area contributed by atoms with Gasteiger partial charge in [-0.15, -0.1) is 6.58 Å². The average Bonchev–Trinajstić information content (AvgIpc) is 1.84. The van der Waals surface area contributed by atoms with Gasteiger partial charge >= 0.3 is 5.97 Å². The van der Waals surface area contributed by atoms with Crippen LogP contribution in [0.4, 0.5) is 0 Å². The van der Waals surface area contributed by atoms with E-state index >= 15 is 0 Å². The van der Waals surface area contributed by atoms with E-state index in [9.17, 15) is 4.79 Å². The van der Waals surface area contributed by atoms with Crippen LogP contribution in [0.15, 0.2) is 12.7 Å². The van der Waals surface area contributed by atoms with Gasteiger partial charge < -0.3 is 4.89 Å². The minimum absolute atomic E-state index is 0.431. The second kappa shape index (κ2) is 3.21. The summed E-state index contributed by atoms with van der Waals surface area (Å²) in [7, 11) is 0. The van der Waals surface area contributed by atoms with Gasteiger partial charge in [0.15, 0.2) is 0 Å². The third-order valence-electron chi connectivity index (χ3n) is 0.815. The second-order valence-corrected chi connectivity index (χ2v) is 1.43. The first-order valence-corrected chi connectivity index (χ1v) is 2.20. The lowest BCUT2D eigenvalue weighted by Gasteiger charge is -1.96. The number of hydrogen-bond donors (Lipinski definition) is 1. The van der Waals surface area contributed by atoms with Crippen molar-refractivity contribution in [2.75, 3.05) is 0 Å². The summed E-state index contributed by atoms with van der Waals surface area (Å²) in [4.78, 5) is 13.6. The molecule has 0 heterocycles. The van der Waals surface area contributed by atoms with Crippen LogP contribution < -0.4 is 0 Å². The van der Waals surface area contributed by atoms with Crippen LogP contribution in [-0.4, -0.2) is 11.2 Å². The zero-order valence-corrected chi connectivity index (χ0v) is 4.63. The van der Waals surface area contributed by atoms with Crippen molar-refractivity contribution in [1.29, 1.82) is 0 Å². The lowest BCUT2D eigenvalue weighted by molar-refractivity contribution is -0.236. The molecule has 0 amide bonds. The van der Waals surface area contributed by atoms with Gasteiger partial charge in [-0.2, -0.15) is 5.26 Å². The molecule has 0 aliphatic heterocycles. The van der Waals surface area contributed by atoms with Crippen LogP contribution in [0.25, 0.3) is 0 Å². The van der Waals surface area contributed by atoms with Crippen molar-refractivity contribution in [3.05, 3.63) is 12.7 Å². The highest BCUT2D eigenvalue weighted by atomic mass is 17.1. The zero-order valence-electron chi connectivity index (χ0n) is 4.63. The normalized spacial score (nSPS) is 12.2. The van der Waals surface area contributed by atoms with Crippen molar-refractivity contribution in [3.8, 4) is 0 Å². The van der Waals surface area contributed by atoms with Crippen LogP contribution in [0.3, 0.4) is 0 Å². The fourth-order valence-electron chi connectivity index (χ4n) is 0.179. The summed E-state index contributed by atoms with van der Waals surface area (Å²) in [6.07, 6.45) is 1.39. The molecule has 0 aromatic rings. The van der Waals surface area contributed by atoms with Crippen LogP contribution in [0.2, 0.25) is 0 Å². The van der Waals surface area contributed by atoms with Gasteiger partial charge in [-0.3, -0.25) is 0 Å². The average molecular weight is 116 g/mol. The van der Waals surface area contributed by atoms with Crippen LogP contribution in [0, 0.1) is 5.92 Å². The Kier molecular flexibility index (Phi) is 2.88. The lowest BCUT2D eigenvalue weighted by Crippen LogP contribution is -2.09. The van der Waals surface area contributed by atoms with Crippen LogP contribution in [0.5, 0.6) is 0 Å². The van der Waals surface area contributed by atoms with Gasteiger partial charge in [0.25, 0.3) is 0 Å². The summed E-state index contributed by atoms with van der Waals surface area (Å²) in [5.74, 6) is -1.11. The molecule has 0 radical (unpaired) electrons. The van der Waals surface area contributed by atoms with Gasteiger partial charge in [-0.25, -0.2) is 4.79 Å². The van der Waals surface area contributed by atoms with Gasteiger partial charge in [0.2, 0.25) is 0 Å². The number of hydrogen-bond acceptors (Lipinski definition) is 3. The van der Waals surface area contributed by atoms with Crippen LogP contribution >= 0.6 is 0 Å². The van der Waals surface area contributed by atoms with E-state index in [1.165, 1.54) is 6.08 Å². The molecule has 0 aliphatic carbocycles. The van der Waals surface area contributed by atoms with E-state index in [4.69, 9.17) is 5.26 Å². The van der Waals surface area contributed by atoms with Gasteiger partial charge in [0.05, 0.1) is 5.92 Å². The van der Waals surface area contributed by atoms with E-state index in [1.807, 2.05) is 0 Å². The summed E-state index contributed by atoms with van der Waals surface area (Å²) in [5.41, 5.74) is 0. The van der Waals surface area contributed by atoms with Crippen molar-refractivity contribution >= 4 is 5.97 Å². The molecule has 0 aromatic heterocycles. The third kappa shape index (κ3) is 1.75. The molecule has 0 rings (SSSR count). The SMILES string of the molecule is C=CC(C)C(=O)OO. The van der Waals surface area contributed by atoms with Crippen molar-refractivity contribution < 1.29 is 14.9 Å². The molecule has 1 unspecified atom stereocenters. The first-order valence-electron chi connectivity index (χ1n) is 2.20. The Morgan fingerprint density at radius 3 is 2.62 bits per heavy atom. The van der Waals surface area contributed by atoms with Crippen molar-refractivity contribution in [3.63, 3.8) is 0 Å². The van der Waals surface area contributed by atoms with Crippen molar-refractivity contribution in [2.45, 2.75) is 6.92 Å². The quantitative estimate of drug-likeness (QED) is 0.330. The van der Waals surface area contributed by atoms with Gasteiger partial charge in [-0.1, -0.05) is 6.08 Å². The van der Waals surface area contributed by atoms with Crippen LogP contribution in [0.1, 0.15) is 6.92 Å². The van der Waals surface area contributed by atoms with Gasteiger partial charge in [-0.05, 0) is 6.92 Å². The molecule has 0 saturated carbocycles. The molecular weight excluding hydrogens is 108 g/mol. The molecule has 0 aliphatic rings. The molecule has 3 nitrogen and oxygen atoms in total.